The number of rotatable bonds is 6. The van der Waals surface area contributed by atoms with Crippen LogP contribution < -0.4 is 11.0 Å². The van der Waals surface area contributed by atoms with Gasteiger partial charge >= 0.3 is 5.69 Å². The van der Waals surface area contributed by atoms with E-state index in [9.17, 15) is 19.2 Å². The summed E-state index contributed by atoms with van der Waals surface area (Å²) in [6, 6.07) is 20.8. The fourth-order valence-corrected chi connectivity index (χ4v) is 4.57. The molecule has 0 fully saturated rings. The van der Waals surface area contributed by atoms with Gasteiger partial charge in [-0.1, -0.05) is 66.4 Å². The maximum atomic E-state index is 12.9. The van der Waals surface area contributed by atoms with E-state index >= 15 is 0 Å². The van der Waals surface area contributed by atoms with E-state index in [1.165, 1.54) is 10.6 Å². The van der Waals surface area contributed by atoms with Crippen molar-refractivity contribution >= 4 is 34.9 Å². The number of aromatic nitrogens is 3. The molecule has 0 unspecified atom stereocenters. The molecule has 168 valence electrons. The Bertz CT molecular complexity index is 1490. The summed E-state index contributed by atoms with van der Waals surface area (Å²) in [6.07, 6.45) is 0. The third kappa shape index (κ3) is 4.08. The quantitative estimate of drug-likeness (QED) is 0.369. The molecule has 1 aromatic heterocycles. The molecule has 1 heterocycles. The Morgan fingerprint density at radius 3 is 2.24 bits per heavy atom. The molecule has 0 atom stereocenters. The first-order valence-electron chi connectivity index (χ1n) is 10.5. The molecule has 1 aliphatic rings. The number of hydrogen-bond donors (Lipinski definition) is 2. The van der Waals surface area contributed by atoms with Gasteiger partial charge in [0.2, 0.25) is 5.91 Å². The van der Waals surface area contributed by atoms with Crippen LogP contribution in [0.2, 0.25) is 0 Å². The standard InChI is InChI=1S/C25H18N4O4S/c30-21(14-34-25-28-27-24(33)29(25)13-15-6-2-1-3-7-15)26-16-10-11-19-20(12-16)23(32)18-9-5-4-8-17(18)22(19)31/h1-12H,13-14H2,(H,26,30)(H,27,33). The van der Waals surface area contributed by atoms with Gasteiger partial charge in [-0.05, 0) is 23.8 Å². The topological polar surface area (TPSA) is 114 Å². The maximum absolute atomic E-state index is 12.9. The molecule has 3 aromatic carbocycles. The average Bonchev–Trinajstić information content (AvgIpc) is 3.21. The molecular formula is C25H18N4O4S. The van der Waals surface area contributed by atoms with Crippen LogP contribution in [0.1, 0.15) is 37.4 Å². The average molecular weight is 471 g/mol. The number of benzene rings is 3. The first kappa shape index (κ1) is 21.6. The number of fused-ring (bicyclic) bond motifs is 2. The largest absolute Gasteiger partial charge is 0.344 e. The van der Waals surface area contributed by atoms with Crippen LogP contribution in [0.4, 0.5) is 5.69 Å². The molecule has 0 radical (unpaired) electrons. The number of carbonyl (C=O) groups excluding carboxylic acids is 3. The van der Waals surface area contributed by atoms with E-state index in [1.54, 1.807) is 36.4 Å². The smallest absolute Gasteiger partial charge is 0.325 e. The Morgan fingerprint density at radius 1 is 0.853 bits per heavy atom. The fraction of sp³-hybridized carbons (Fsp3) is 0.0800. The first-order valence-corrected chi connectivity index (χ1v) is 11.4. The molecule has 1 amide bonds. The predicted molar refractivity (Wildman–Crippen MR) is 127 cm³/mol. The molecule has 9 heteroatoms. The Hall–Kier alpha value is -4.24. The number of nitrogens with zero attached hydrogens (tertiary/aromatic N) is 2. The molecule has 5 rings (SSSR count). The molecular weight excluding hydrogens is 452 g/mol. The number of hydrogen-bond acceptors (Lipinski definition) is 6. The van der Waals surface area contributed by atoms with E-state index in [1.807, 2.05) is 30.3 Å². The number of carbonyl (C=O) groups is 3. The Morgan fingerprint density at radius 2 is 1.50 bits per heavy atom. The lowest BCUT2D eigenvalue weighted by Gasteiger charge is -2.18. The zero-order valence-corrected chi connectivity index (χ0v) is 18.6. The second kappa shape index (κ2) is 8.95. The summed E-state index contributed by atoms with van der Waals surface area (Å²) in [5.41, 5.74) is 2.31. The van der Waals surface area contributed by atoms with Crippen molar-refractivity contribution in [3.63, 3.8) is 0 Å². The van der Waals surface area contributed by atoms with Crippen molar-refractivity contribution in [1.82, 2.24) is 14.8 Å². The fourth-order valence-electron chi connectivity index (χ4n) is 3.82. The van der Waals surface area contributed by atoms with Crippen LogP contribution in [0.15, 0.2) is 82.7 Å². The van der Waals surface area contributed by atoms with E-state index in [0.717, 1.165) is 17.3 Å². The van der Waals surface area contributed by atoms with Gasteiger partial charge in [0.05, 0.1) is 12.3 Å². The summed E-state index contributed by atoms with van der Waals surface area (Å²) in [4.78, 5) is 50.3. The van der Waals surface area contributed by atoms with Gasteiger partial charge in [0.1, 0.15) is 0 Å². The highest BCUT2D eigenvalue weighted by molar-refractivity contribution is 7.99. The lowest BCUT2D eigenvalue weighted by Crippen LogP contribution is -2.22. The van der Waals surface area contributed by atoms with E-state index in [4.69, 9.17) is 0 Å². The normalized spacial score (nSPS) is 12.2. The Kier molecular flexibility index (Phi) is 5.69. The molecule has 0 bridgehead atoms. The Labute approximate surface area is 198 Å². The minimum Gasteiger partial charge on any atom is -0.325 e. The van der Waals surface area contributed by atoms with Gasteiger partial charge < -0.3 is 5.32 Å². The highest BCUT2D eigenvalue weighted by Crippen LogP contribution is 2.29. The summed E-state index contributed by atoms with van der Waals surface area (Å²) in [7, 11) is 0. The summed E-state index contributed by atoms with van der Waals surface area (Å²) in [6.45, 7) is 0.336. The molecule has 34 heavy (non-hydrogen) atoms. The first-order chi connectivity index (χ1) is 16.5. The minimum absolute atomic E-state index is 0.00583. The highest BCUT2D eigenvalue weighted by Gasteiger charge is 2.29. The van der Waals surface area contributed by atoms with Gasteiger partial charge in [-0.15, -0.1) is 5.10 Å². The lowest BCUT2D eigenvalue weighted by molar-refractivity contribution is -0.113. The molecule has 0 saturated heterocycles. The SMILES string of the molecule is O=C(CSc1n[nH]c(=O)n1Cc1ccccc1)Nc1ccc2c(c1)C(=O)c1ccccc1C2=O. The second-order valence-corrected chi connectivity index (χ2v) is 8.63. The zero-order valence-electron chi connectivity index (χ0n) is 17.8. The predicted octanol–water partition coefficient (Wildman–Crippen LogP) is 3.13. The van der Waals surface area contributed by atoms with Gasteiger partial charge in [-0.2, -0.15) is 0 Å². The van der Waals surface area contributed by atoms with Crippen molar-refractivity contribution in [2.75, 3.05) is 11.1 Å². The van der Waals surface area contributed by atoms with Gasteiger partial charge in [0, 0.05) is 27.9 Å². The zero-order chi connectivity index (χ0) is 23.7. The van der Waals surface area contributed by atoms with Crippen molar-refractivity contribution in [2.24, 2.45) is 0 Å². The number of thioether (sulfide) groups is 1. The third-order valence-corrected chi connectivity index (χ3v) is 6.42. The summed E-state index contributed by atoms with van der Waals surface area (Å²) in [5.74, 6) is -0.793. The van der Waals surface area contributed by atoms with Crippen LogP contribution in [-0.2, 0) is 11.3 Å². The molecule has 0 spiro atoms. The molecule has 8 nitrogen and oxygen atoms in total. The third-order valence-electron chi connectivity index (χ3n) is 5.45. The molecule has 0 saturated carbocycles. The summed E-state index contributed by atoms with van der Waals surface area (Å²) >= 11 is 1.12. The number of amides is 1. The van der Waals surface area contributed by atoms with Crippen molar-refractivity contribution in [3.8, 4) is 0 Å². The van der Waals surface area contributed by atoms with Gasteiger partial charge in [0.25, 0.3) is 0 Å². The molecule has 4 aromatic rings. The van der Waals surface area contributed by atoms with Crippen molar-refractivity contribution in [1.29, 1.82) is 0 Å². The van der Waals surface area contributed by atoms with Gasteiger partial charge in [0.15, 0.2) is 16.7 Å². The number of nitrogens with one attached hydrogen (secondary N) is 2. The number of anilines is 1. The van der Waals surface area contributed by atoms with E-state index in [0.29, 0.717) is 34.1 Å². The van der Waals surface area contributed by atoms with E-state index < -0.39 is 0 Å². The van der Waals surface area contributed by atoms with E-state index in [2.05, 4.69) is 15.5 Å². The van der Waals surface area contributed by atoms with Gasteiger partial charge in [-0.3, -0.25) is 19.0 Å². The Balaban J connectivity index is 1.28. The highest BCUT2D eigenvalue weighted by atomic mass is 32.2. The molecule has 2 N–H and O–H groups in total. The second-order valence-electron chi connectivity index (χ2n) is 7.68. The molecule has 0 aliphatic heterocycles. The van der Waals surface area contributed by atoms with Gasteiger partial charge in [-0.25, -0.2) is 9.89 Å². The molecule has 1 aliphatic carbocycles. The summed E-state index contributed by atoms with van der Waals surface area (Å²) < 4.78 is 1.47. The maximum Gasteiger partial charge on any atom is 0.344 e. The van der Waals surface area contributed by atoms with E-state index in [-0.39, 0.29) is 34.5 Å². The van der Waals surface area contributed by atoms with Crippen LogP contribution in [-0.4, -0.2) is 38.0 Å². The van der Waals surface area contributed by atoms with Crippen LogP contribution in [0.5, 0.6) is 0 Å². The van der Waals surface area contributed by atoms with Crippen LogP contribution >= 0.6 is 11.8 Å². The summed E-state index contributed by atoms with van der Waals surface area (Å²) in [5, 5.41) is 9.58. The van der Waals surface area contributed by atoms with Crippen molar-refractivity contribution in [3.05, 3.63) is 111 Å². The number of aromatic amines is 1. The van der Waals surface area contributed by atoms with Crippen molar-refractivity contribution in [2.45, 2.75) is 11.7 Å². The van der Waals surface area contributed by atoms with Crippen LogP contribution in [0.25, 0.3) is 0 Å². The lowest BCUT2D eigenvalue weighted by atomic mass is 9.84. The van der Waals surface area contributed by atoms with Crippen LogP contribution in [0.3, 0.4) is 0 Å². The minimum atomic E-state index is -0.357. The number of H-pyrrole nitrogens is 1. The van der Waals surface area contributed by atoms with Crippen molar-refractivity contribution < 1.29 is 14.4 Å². The number of ketones is 2. The monoisotopic (exact) mass is 470 g/mol. The van der Waals surface area contributed by atoms with Crippen LogP contribution in [0, 0.1) is 0 Å².